The number of aromatic nitrogens is 2. The minimum absolute atomic E-state index is 0.0860. The van der Waals surface area contributed by atoms with Crippen LogP contribution in [0, 0.1) is 0 Å². The number of anilines is 1. The van der Waals surface area contributed by atoms with Crippen LogP contribution >= 0.6 is 0 Å². The molecule has 6 nitrogen and oxygen atoms in total. The lowest BCUT2D eigenvalue weighted by Crippen LogP contribution is -2.05. The van der Waals surface area contributed by atoms with Crippen molar-refractivity contribution in [1.82, 2.24) is 9.97 Å². The van der Waals surface area contributed by atoms with Gasteiger partial charge in [0.15, 0.2) is 0 Å². The SMILES string of the molecule is CCC(CC)c1ccc(NCc2ccc(-c3cccc(COc4cncc(C(=O)O)c4)n3)cc2)c(C(C)C)c1. The van der Waals surface area contributed by atoms with Crippen LogP contribution in [-0.2, 0) is 13.2 Å². The molecule has 0 saturated heterocycles. The van der Waals surface area contributed by atoms with Crippen molar-refractivity contribution in [1.29, 1.82) is 0 Å². The van der Waals surface area contributed by atoms with Crippen molar-refractivity contribution in [2.24, 2.45) is 0 Å². The van der Waals surface area contributed by atoms with E-state index >= 15 is 0 Å². The van der Waals surface area contributed by atoms with E-state index in [4.69, 9.17) is 14.8 Å². The van der Waals surface area contributed by atoms with Gasteiger partial charge in [0.05, 0.1) is 23.1 Å². The maximum absolute atomic E-state index is 11.2. The lowest BCUT2D eigenvalue weighted by atomic mass is 9.89. The number of carbonyl (C=O) groups is 1. The summed E-state index contributed by atoms with van der Waals surface area (Å²) in [5.74, 6) is 0.415. The minimum atomic E-state index is -1.04. The zero-order valence-electron chi connectivity index (χ0n) is 23.1. The minimum Gasteiger partial charge on any atom is -0.486 e. The average molecular weight is 524 g/mol. The first kappa shape index (κ1) is 27.8. The number of benzene rings is 2. The highest BCUT2D eigenvalue weighted by atomic mass is 16.5. The van der Waals surface area contributed by atoms with Crippen LogP contribution in [0.15, 0.2) is 79.1 Å². The molecule has 0 aliphatic carbocycles. The van der Waals surface area contributed by atoms with E-state index in [2.05, 4.69) is 80.5 Å². The predicted octanol–water partition coefficient (Wildman–Crippen LogP) is 8.06. The second-order valence-corrected chi connectivity index (χ2v) is 10.1. The maximum atomic E-state index is 11.2. The number of aromatic carboxylic acids is 1. The third kappa shape index (κ3) is 7.23. The summed E-state index contributed by atoms with van der Waals surface area (Å²) in [6.45, 7) is 9.99. The summed E-state index contributed by atoms with van der Waals surface area (Å²) >= 11 is 0. The first-order chi connectivity index (χ1) is 18.9. The van der Waals surface area contributed by atoms with Crippen LogP contribution in [0.1, 0.15) is 85.1 Å². The highest BCUT2D eigenvalue weighted by Gasteiger charge is 2.13. The summed E-state index contributed by atoms with van der Waals surface area (Å²) < 4.78 is 5.73. The molecule has 0 radical (unpaired) electrons. The number of ether oxygens (including phenoxy) is 1. The first-order valence-corrected chi connectivity index (χ1v) is 13.6. The summed E-state index contributed by atoms with van der Waals surface area (Å²) in [5, 5.41) is 12.8. The normalized spacial score (nSPS) is 11.1. The smallest absolute Gasteiger partial charge is 0.337 e. The van der Waals surface area contributed by atoms with Crippen LogP contribution in [0.25, 0.3) is 11.3 Å². The molecule has 39 heavy (non-hydrogen) atoms. The van der Waals surface area contributed by atoms with E-state index < -0.39 is 5.97 Å². The summed E-state index contributed by atoms with van der Waals surface area (Å²) in [6, 6.07) is 22.6. The second kappa shape index (κ2) is 13.1. The van der Waals surface area contributed by atoms with Crippen LogP contribution in [0.4, 0.5) is 5.69 Å². The van der Waals surface area contributed by atoms with E-state index in [1.165, 1.54) is 40.8 Å². The quantitative estimate of drug-likeness (QED) is 0.195. The van der Waals surface area contributed by atoms with Gasteiger partial charge in [0, 0.05) is 24.0 Å². The summed E-state index contributed by atoms with van der Waals surface area (Å²) in [4.78, 5) is 19.8. The molecule has 0 aliphatic heterocycles. The Morgan fingerprint density at radius 1 is 0.974 bits per heavy atom. The Morgan fingerprint density at radius 2 is 1.74 bits per heavy atom. The van der Waals surface area contributed by atoms with Crippen LogP contribution in [0.5, 0.6) is 5.75 Å². The van der Waals surface area contributed by atoms with Gasteiger partial charge in [0.2, 0.25) is 0 Å². The predicted molar refractivity (Wildman–Crippen MR) is 156 cm³/mol. The van der Waals surface area contributed by atoms with Gasteiger partial charge in [-0.05, 0) is 65.6 Å². The van der Waals surface area contributed by atoms with Gasteiger partial charge < -0.3 is 15.2 Å². The Balaban J connectivity index is 1.40. The van der Waals surface area contributed by atoms with E-state index in [1.54, 1.807) is 0 Å². The molecule has 0 unspecified atom stereocenters. The lowest BCUT2D eigenvalue weighted by molar-refractivity contribution is 0.0695. The first-order valence-electron chi connectivity index (χ1n) is 13.6. The Morgan fingerprint density at radius 3 is 2.44 bits per heavy atom. The van der Waals surface area contributed by atoms with Crippen molar-refractivity contribution in [2.75, 3.05) is 5.32 Å². The average Bonchev–Trinajstić information content (AvgIpc) is 2.96. The molecule has 2 N–H and O–H groups in total. The monoisotopic (exact) mass is 523 g/mol. The van der Waals surface area contributed by atoms with E-state index in [0.717, 1.165) is 36.3 Å². The number of nitrogens with one attached hydrogen (secondary N) is 1. The number of nitrogens with zero attached hydrogens (tertiary/aromatic N) is 2. The van der Waals surface area contributed by atoms with Gasteiger partial charge in [0.25, 0.3) is 0 Å². The molecule has 0 fully saturated rings. The number of carboxylic acid groups (broad SMARTS) is 1. The molecule has 4 aromatic rings. The fraction of sp³-hybridized carbons (Fsp3) is 0.303. The van der Waals surface area contributed by atoms with Gasteiger partial charge in [-0.25, -0.2) is 9.78 Å². The third-order valence-corrected chi connectivity index (χ3v) is 7.04. The van der Waals surface area contributed by atoms with Gasteiger partial charge >= 0.3 is 5.97 Å². The molecule has 4 rings (SSSR count). The second-order valence-electron chi connectivity index (χ2n) is 10.1. The molecule has 0 spiro atoms. The number of hydrogen-bond donors (Lipinski definition) is 2. The topological polar surface area (TPSA) is 84.3 Å². The van der Waals surface area contributed by atoms with E-state index in [0.29, 0.717) is 17.6 Å². The molecule has 0 amide bonds. The van der Waals surface area contributed by atoms with Crippen molar-refractivity contribution in [2.45, 2.75) is 65.5 Å². The van der Waals surface area contributed by atoms with Crippen molar-refractivity contribution in [3.63, 3.8) is 0 Å². The fourth-order valence-corrected chi connectivity index (χ4v) is 4.72. The molecule has 2 aromatic carbocycles. The zero-order valence-corrected chi connectivity index (χ0v) is 23.1. The molecule has 202 valence electrons. The van der Waals surface area contributed by atoms with Crippen LogP contribution in [0.3, 0.4) is 0 Å². The molecule has 0 saturated carbocycles. The van der Waals surface area contributed by atoms with E-state index in [1.807, 2.05) is 18.2 Å². The third-order valence-electron chi connectivity index (χ3n) is 7.04. The summed E-state index contributed by atoms with van der Waals surface area (Å²) in [5.41, 5.74) is 7.90. The molecule has 2 aromatic heterocycles. The summed E-state index contributed by atoms with van der Waals surface area (Å²) in [6.07, 6.45) is 5.11. The van der Waals surface area contributed by atoms with Gasteiger partial charge in [-0.1, -0.05) is 70.2 Å². The molecular weight excluding hydrogens is 486 g/mol. The van der Waals surface area contributed by atoms with Crippen LogP contribution in [0.2, 0.25) is 0 Å². The van der Waals surface area contributed by atoms with Crippen molar-refractivity contribution >= 4 is 11.7 Å². The number of pyridine rings is 2. The Hall–Kier alpha value is -4.19. The van der Waals surface area contributed by atoms with Gasteiger partial charge in [0.1, 0.15) is 12.4 Å². The van der Waals surface area contributed by atoms with Gasteiger partial charge in [-0.2, -0.15) is 0 Å². The highest BCUT2D eigenvalue weighted by molar-refractivity contribution is 5.87. The Labute approximate surface area is 231 Å². The Bertz CT molecular complexity index is 1400. The van der Waals surface area contributed by atoms with Crippen LogP contribution < -0.4 is 10.1 Å². The van der Waals surface area contributed by atoms with Crippen molar-refractivity contribution in [3.8, 4) is 17.0 Å². The zero-order chi connectivity index (χ0) is 27.8. The maximum Gasteiger partial charge on any atom is 0.337 e. The molecule has 0 bridgehead atoms. The van der Waals surface area contributed by atoms with Crippen molar-refractivity contribution < 1.29 is 14.6 Å². The fourth-order valence-electron chi connectivity index (χ4n) is 4.72. The van der Waals surface area contributed by atoms with Gasteiger partial charge in [-0.15, -0.1) is 0 Å². The largest absolute Gasteiger partial charge is 0.486 e. The highest BCUT2D eigenvalue weighted by Crippen LogP contribution is 2.31. The van der Waals surface area contributed by atoms with Crippen molar-refractivity contribution in [3.05, 3.63) is 107 Å². The molecule has 2 heterocycles. The molecule has 6 heteroatoms. The van der Waals surface area contributed by atoms with Gasteiger partial charge in [-0.3, -0.25) is 4.98 Å². The molecule has 0 atom stereocenters. The molecular formula is C33H37N3O3. The van der Waals surface area contributed by atoms with Crippen LogP contribution in [-0.4, -0.2) is 21.0 Å². The lowest BCUT2D eigenvalue weighted by Gasteiger charge is -2.20. The number of carboxylic acids is 1. The standard InChI is InChI=1S/C33H37N3O3/c1-5-24(6-2)26-14-15-32(30(17-26)22(3)4)35-18-23-10-12-25(13-11-23)31-9-7-8-28(36-31)21-39-29-16-27(33(37)38)19-34-20-29/h7-17,19-20,22,24,35H,5-6,18,21H2,1-4H3,(H,37,38). The number of hydrogen-bond acceptors (Lipinski definition) is 5. The van der Waals surface area contributed by atoms with E-state index in [-0.39, 0.29) is 12.2 Å². The van der Waals surface area contributed by atoms with E-state index in [9.17, 15) is 4.79 Å². The summed E-state index contributed by atoms with van der Waals surface area (Å²) in [7, 11) is 0. The molecule has 0 aliphatic rings. The Kier molecular flexibility index (Phi) is 9.31. The number of rotatable bonds is 12.